The Morgan fingerprint density at radius 1 is 1.10 bits per heavy atom. The molecule has 0 aromatic heterocycles. The molecule has 4 aliphatic rings. The summed E-state index contributed by atoms with van der Waals surface area (Å²) < 4.78 is 0. The van der Waals surface area contributed by atoms with Crippen LogP contribution in [-0.2, 0) is 4.79 Å². The lowest BCUT2D eigenvalue weighted by molar-refractivity contribution is -0.213. The normalized spacial score (nSPS) is 48.1. The van der Waals surface area contributed by atoms with Crippen molar-refractivity contribution in [3.05, 3.63) is 12.2 Å². The van der Waals surface area contributed by atoms with Gasteiger partial charge in [-0.25, -0.2) is 0 Å². The van der Waals surface area contributed by atoms with Gasteiger partial charge in [-0.15, -0.1) is 0 Å². The van der Waals surface area contributed by atoms with E-state index in [-0.39, 0.29) is 17.6 Å². The molecule has 0 amide bonds. The maximum Gasteiger partial charge on any atom is 0.165 e. The van der Waals surface area contributed by atoms with E-state index in [1.807, 2.05) is 0 Å². The van der Waals surface area contributed by atoms with Crippen LogP contribution < -0.4 is 0 Å². The Morgan fingerprint density at radius 2 is 1.81 bits per heavy atom. The number of rotatable bonds is 5. The van der Waals surface area contributed by atoms with Crippen LogP contribution in [0, 0.1) is 46.3 Å². The number of allylic oxidation sites excluding steroid dienone is 1. The van der Waals surface area contributed by atoms with Crippen molar-refractivity contribution in [3.63, 3.8) is 0 Å². The summed E-state index contributed by atoms with van der Waals surface area (Å²) in [6, 6.07) is 0. The fourth-order valence-corrected chi connectivity index (χ4v) is 8.90. The van der Waals surface area contributed by atoms with Gasteiger partial charge in [-0.3, -0.25) is 4.79 Å². The van der Waals surface area contributed by atoms with E-state index in [1.54, 1.807) is 0 Å². The van der Waals surface area contributed by atoms with Gasteiger partial charge in [0.2, 0.25) is 0 Å². The lowest BCUT2D eigenvalue weighted by Gasteiger charge is -2.63. The average molecular weight is 431 g/mol. The maximum atomic E-state index is 13.3. The molecule has 3 heteroatoms. The van der Waals surface area contributed by atoms with E-state index < -0.39 is 11.7 Å². The number of fused-ring (bicyclic) bond motifs is 5. The summed E-state index contributed by atoms with van der Waals surface area (Å²) in [6.45, 7) is 15.9. The zero-order valence-electron chi connectivity index (χ0n) is 20.6. The number of carbonyl (C=O) groups is 1. The standard InChI is InChI=1S/C28H46O3/c1-17(2)18(3)7-8-19(4)22-9-10-23-21-15-25(30)28(31)16-20(29)11-14-27(28,6)24(21)12-13-26(22,23)5/h17,19-24,29,31H,3,7-16H2,1-2,4-6H3. The van der Waals surface area contributed by atoms with Crippen molar-refractivity contribution in [2.75, 3.05) is 0 Å². The molecule has 4 aliphatic carbocycles. The molecule has 0 aromatic rings. The number of aliphatic hydroxyl groups excluding tert-OH is 1. The SMILES string of the molecule is C=C(CCC(C)C1CCC2C3CC(=O)C4(O)CC(O)CCC4(C)C3CCC12C)C(C)C. The number of hydrogen-bond acceptors (Lipinski definition) is 3. The lowest BCUT2D eigenvalue weighted by atomic mass is 9.42. The summed E-state index contributed by atoms with van der Waals surface area (Å²) in [5.74, 6) is 3.43. The minimum Gasteiger partial charge on any atom is -0.393 e. The first kappa shape index (κ1) is 23.5. The van der Waals surface area contributed by atoms with Crippen molar-refractivity contribution in [2.45, 2.75) is 111 Å². The fraction of sp³-hybridized carbons (Fsp3) is 0.893. The Hall–Kier alpha value is -0.670. The smallest absolute Gasteiger partial charge is 0.165 e. The van der Waals surface area contributed by atoms with Crippen LogP contribution in [0.3, 0.4) is 0 Å². The Balaban J connectivity index is 1.54. The Morgan fingerprint density at radius 3 is 2.48 bits per heavy atom. The molecule has 31 heavy (non-hydrogen) atoms. The molecule has 4 fully saturated rings. The molecule has 9 atom stereocenters. The van der Waals surface area contributed by atoms with Gasteiger partial charge in [-0.05, 0) is 92.3 Å². The molecular formula is C28H46O3. The summed E-state index contributed by atoms with van der Waals surface area (Å²) >= 11 is 0. The van der Waals surface area contributed by atoms with Crippen molar-refractivity contribution in [1.29, 1.82) is 0 Å². The summed E-state index contributed by atoms with van der Waals surface area (Å²) in [5.41, 5.74) is 0.00815. The second-order valence-electron chi connectivity index (χ2n) is 12.7. The molecule has 2 N–H and O–H groups in total. The van der Waals surface area contributed by atoms with Gasteiger partial charge < -0.3 is 10.2 Å². The predicted octanol–water partition coefficient (Wildman–Crippen LogP) is 5.93. The van der Waals surface area contributed by atoms with E-state index in [0.717, 1.165) is 31.6 Å². The Labute approximate surface area is 190 Å². The van der Waals surface area contributed by atoms with Crippen molar-refractivity contribution < 1.29 is 15.0 Å². The largest absolute Gasteiger partial charge is 0.393 e. The summed E-state index contributed by atoms with van der Waals surface area (Å²) in [6.07, 6.45) is 8.96. The molecule has 3 nitrogen and oxygen atoms in total. The molecule has 0 radical (unpaired) electrons. The van der Waals surface area contributed by atoms with Gasteiger partial charge in [-0.1, -0.05) is 46.8 Å². The molecule has 0 spiro atoms. The first-order valence-electron chi connectivity index (χ1n) is 13.1. The minimum atomic E-state index is -1.32. The van der Waals surface area contributed by atoms with Crippen LogP contribution in [0.15, 0.2) is 12.2 Å². The molecule has 9 unspecified atom stereocenters. The molecule has 4 rings (SSSR count). The third-order valence-corrected chi connectivity index (χ3v) is 11.1. The molecule has 176 valence electrons. The van der Waals surface area contributed by atoms with E-state index in [1.165, 1.54) is 31.3 Å². The highest BCUT2D eigenvalue weighted by Crippen LogP contribution is 2.68. The van der Waals surface area contributed by atoms with Gasteiger partial charge in [0.1, 0.15) is 5.60 Å². The van der Waals surface area contributed by atoms with Gasteiger partial charge in [-0.2, -0.15) is 0 Å². The third-order valence-electron chi connectivity index (χ3n) is 11.1. The van der Waals surface area contributed by atoms with E-state index in [4.69, 9.17) is 0 Å². The number of hydrogen-bond donors (Lipinski definition) is 2. The third kappa shape index (κ3) is 3.48. The number of ketones is 1. The monoisotopic (exact) mass is 430 g/mol. The summed E-state index contributed by atoms with van der Waals surface area (Å²) in [7, 11) is 0. The predicted molar refractivity (Wildman–Crippen MR) is 125 cm³/mol. The van der Waals surface area contributed by atoms with Gasteiger partial charge in [0.05, 0.1) is 6.10 Å². The second-order valence-corrected chi connectivity index (χ2v) is 12.7. The Bertz CT molecular complexity index is 728. The molecule has 4 saturated carbocycles. The number of carbonyl (C=O) groups excluding carboxylic acids is 1. The summed E-state index contributed by atoms with van der Waals surface area (Å²) in [4.78, 5) is 13.3. The molecule has 0 heterocycles. The van der Waals surface area contributed by atoms with Crippen LogP contribution in [0.5, 0.6) is 0 Å². The summed E-state index contributed by atoms with van der Waals surface area (Å²) in [5, 5.41) is 21.8. The molecule has 0 saturated heterocycles. The maximum absolute atomic E-state index is 13.3. The minimum absolute atomic E-state index is 0.0176. The molecule has 0 aliphatic heterocycles. The van der Waals surface area contributed by atoms with Crippen molar-refractivity contribution >= 4 is 5.78 Å². The molecular weight excluding hydrogens is 384 g/mol. The van der Waals surface area contributed by atoms with Crippen molar-refractivity contribution in [2.24, 2.45) is 46.3 Å². The highest BCUT2D eigenvalue weighted by Gasteiger charge is 2.67. The first-order valence-corrected chi connectivity index (χ1v) is 13.1. The number of aliphatic hydroxyl groups is 2. The van der Waals surface area contributed by atoms with E-state index in [9.17, 15) is 15.0 Å². The van der Waals surface area contributed by atoms with E-state index >= 15 is 0 Å². The zero-order valence-corrected chi connectivity index (χ0v) is 20.6. The van der Waals surface area contributed by atoms with Crippen LogP contribution in [0.4, 0.5) is 0 Å². The topological polar surface area (TPSA) is 57.5 Å². The highest BCUT2D eigenvalue weighted by molar-refractivity contribution is 5.89. The average Bonchev–Trinajstić information content (AvgIpc) is 3.05. The van der Waals surface area contributed by atoms with Crippen molar-refractivity contribution in [1.82, 2.24) is 0 Å². The van der Waals surface area contributed by atoms with Gasteiger partial charge >= 0.3 is 0 Å². The lowest BCUT2D eigenvalue weighted by Crippen LogP contribution is -2.67. The van der Waals surface area contributed by atoms with Gasteiger partial charge in [0.15, 0.2) is 5.78 Å². The first-order chi connectivity index (χ1) is 14.4. The van der Waals surface area contributed by atoms with Gasteiger partial charge in [0.25, 0.3) is 0 Å². The Kier molecular flexibility index (Phi) is 6.04. The van der Waals surface area contributed by atoms with Crippen molar-refractivity contribution in [3.8, 4) is 0 Å². The zero-order chi connectivity index (χ0) is 22.8. The van der Waals surface area contributed by atoms with E-state index in [0.29, 0.717) is 41.4 Å². The number of Topliss-reactive ketones (excluding diaryl/α,β-unsaturated/α-hetero) is 1. The quantitative estimate of drug-likeness (QED) is 0.532. The van der Waals surface area contributed by atoms with Crippen LogP contribution in [0.25, 0.3) is 0 Å². The van der Waals surface area contributed by atoms with E-state index in [2.05, 4.69) is 41.2 Å². The molecule has 0 aromatic carbocycles. The van der Waals surface area contributed by atoms with Gasteiger partial charge in [0, 0.05) is 18.3 Å². The highest BCUT2D eigenvalue weighted by atomic mass is 16.3. The van der Waals surface area contributed by atoms with Crippen LogP contribution in [-0.4, -0.2) is 27.7 Å². The second kappa shape index (κ2) is 7.97. The van der Waals surface area contributed by atoms with Crippen LogP contribution in [0.1, 0.15) is 98.8 Å². The fourth-order valence-electron chi connectivity index (χ4n) is 8.90. The van der Waals surface area contributed by atoms with Crippen LogP contribution in [0.2, 0.25) is 0 Å². The molecule has 0 bridgehead atoms. The van der Waals surface area contributed by atoms with Crippen LogP contribution >= 0.6 is 0 Å².